The highest BCUT2D eigenvalue weighted by atomic mass is 79.9. The fourth-order valence-corrected chi connectivity index (χ4v) is 2.34. The van der Waals surface area contributed by atoms with E-state index in [2.05, 4.69) is 31.9 Å². The van der Waals surface area contributed by atoms with Crippen LogP contribution in [0.3, 0.4) is 0 Å². The molecule has 0 aliphatic rings. The summed E-state index contributed by atoms with van der Waals surface area (Å²) in [6.45, 7) is 0. The lowest BCUT2D eigenvalue weighted by atomic mass is 10.1. The highest BCUT2D eigenvalue weighted by Crippen LogP contribution is 2.31. The van der Waals surface area contributed by atoms with Gasteiger partial charge in [0.25, 0.3) is 0 Å². The Morgan fingerprint density at radius 2 is 1.62 bits per heavy atom. The third kappa shape index (κ3) is 2.71. The lowest BCUT2D eigenvalue weighted by molar-refractivity contribution is 0.626. The summed E-state index contributed by atoms with van der Waals surface area (Å²) in [5, 5.41) is 0. The van der Waals surface area contributed by atoms with Crippen LogP contribution in [0.15, 0.2) is 53.0 Å². The lowest BCUT2D eigenvalue weighted by Gasteiger charge is -2.10. The van der Waals surface area contributed by atoms with Gasteiger partial charge < -0.3 is 0 Å². The zero-order valence-electron chi connectivity index (χ0n) is 8.33. The first kappa shape index (κ1) is 11.8. The highest BCUT2D eigenvalue weighted by Gasteiger charge is 2.10. The van der Waals surface area contributed by atoms with Crippen LogP contribution in [0.2, 0.25) is 0 Å². The molecule has 0 amide bonds. The molecule has 0 aromatic heterocycles. The van der Waals surface area contributed by atoms with Gasteiger partial charge in [-0.05, 0) is 35.4 Å². The Balaban J connectivity index is 2.31. The molecule has 0 saturated heterocycles. The zero-order valence-corrected chi connectivity index (χ0v) is 11.5. The first-order valence-electron chi connectivity index (χ1n) is 4.82. The molecule has 2 rings (SSSR count). The summed E-state index contributed by atoms with van der Waals surface area (Å²) in [4.78, 5) is 0.0244. The van der Waals surface area contributed by atoms with Crippen molar-refractivity contribution in [2.75, 3.05) is 0 Å². The molecule has 0 saturated carbocycles. The van der Waals surface area contributed by atoms with E-state index in [0.29, 0.717) is 0 Å². The molecule has 1 unspecified atom stereocenters. The highest BCUT2D eigenvalue weighted by molar-refractivity contribution is 9.10. The Kier molecular flexibility index (Phi) is 3.77. The number of halogens is 3. The van der Waals surface area contributed by atoms with Crippen LogP contribution in [0, 0.1) is 5.82 Å². The molecule has 82 valence electrons. The van der Waals surface area contributed by atoms with Crippen molar-refractivity contribution in [3.05, 3.63) is 69.9 Å². The second-order valence-corrected chi connectivity index (χ2v) is 5.30. The van der Waals surface area contributed by atoms with E-state index in [-0.39, 0.29) is 10.6 Å². The van der Waals surface area contributed by atoms with Crippen LogP contribution in [0.4, 0.5) is 4.39 Å². The van der Waals surface area contributed by atoms with Crippen molar-refractivity contribution in [1.29, 1.82) is 0 Å². The molecule has 0 bridgehead atoms. The van der Waals surface area contributed by atoms with E-state index < -0.39 is 0 Å². The third-order valence-electron chi connectivity index (χ3n) is 2.30. The van der Waals surface area contributed by atoms with E-state index in [1.807, 2.05) is 30.3 Å². The normalized spacial score (nSPS) is 12.4. The minimum Gasteiger partial charge on any atom is -0.207 e. The van der Waals surface area contributed by atoms with Crippen molar-refractivity contribution in [3.8, 4) is 0 Å². The third-order valence-corrected chi connectivity index (χ3v) is 3.89. The Morgan fingerprint density at radius 1 is 0.938 bits per heavy atom. The van der Waals surface area contributed by atoms with Crippen LogP contribution in [-0.4, -0.2) is 0 Å². The summed E-state index contributed by atoms with van der Waals surface area (Å²) >= 11 is 6.96. The van der Waals surface area contributed by atoms with Gasteiger partial charge in [-0.3, -0.25) is 0 Å². The summed E-state index contributed by atoms with van der Waals surface area (Å²) in [5.74, 6) is -0.209. The fraction of sp³-hybridized carbons (Fsp3) is 0.0769. The molecule has 1 atom stereocenters. The van der Waals surface area contributed by atoms with Crippen LogP contribution in [0.25, 0.3) is 0 Å². The second kappa shape index (κ2) is 5.11. The lowest BCUT2D eigenvalue weighted by Crippen LogP contribution is -1.92. The average molecular weight is 344 g/mol. The molecule has 0 N–H and O–H groups in total. The second-order valence-electron chi connectivity index (χ2n) is 3.47. The molecule has 3 heteroatoms. The Bertz CT molecular complexity index is 480. The van der Waals surface area contributed by atoms with E-state index in [9.17, 15) is 4.39 Å². The number of hydrogen-bond donors (Lipinski definition) is 0. The van der Waals surface area contributed by atoms with Crippen LogP contribution in [0.1, 0.15) is 16.0 Å². The van der Waals surface area contributed by atoms with Gasteiger partial charge in [0.1, 0.15) is 5.82 Å². The van der Waals surface area contributed by atoms with Crippen molar-refractivity contribution in [1.82, 2.24) is 0 Å². The van der Waals surface area contributed by atoms with Crippen molar-refractivity contribution >= 4 is 31.9 Å². The summed E-state index contributed by atoms with van der Waals surface area (Å²) in [7, 11) is 0. The number of benzene rings is 2. The van der Waals surface area contributed by atoms with Crippen molar-refractivity contribution < 1.29 is 4.39 Å². The Morgan fingerprint density at radius 3 is 2.25 bits per heavy atom. The van der Waals surface area contributed by atoms with E-state index in [1.54, 1.807) is 12.1 Å². The number of alkyl halides is 1. The SMILES string of the molecule is Fc1cccc(C(Br)c2ccc(Br)cc2)c1. The van der Waals surface area contributed by atoms with Crippen LogP contribution in [0.5, 0.6) is 0 Å². The van der Waals surface area contributed by atoms with Crippen LogP contribution >= 0.6 is 31.9 Å². The summed E-state index contributed by atoms with van der Waals surface area (Å²) < 4.78 is 14.1. The summed E-state index contributed by atoms with van der Waals surface area (Å²) in [5.41, 5.74) is 2.02. The Hall–Kier alpha value is -0.670. The molecule has 2 aromatic carbocycles. The molecule has 0 aliphatic heterocycles. The van der Waals surface area contributed by atoms with Crippen molar-refractivity contribution in [2.24, 2.45) is 0 Å². The smallest absolute Gasteiger partial charge is 0.123 e. The van der Waals surface area contributed by atoms with Crippen molar-refractivity contribution in [2.45, 2.75) is 4.83 Å². The minimum atomic E-state index is -0.209. The topological polar surface area (TPSA) is 0 Å². The predicted octanol–water partition coefficient (Wildman–Crippen LogP) is 5.07. The van der Waals surface area contributed by atoms with E-state index in [1.165, 1.54) is 6.07 Å². The van der Waals surface area contributed by atoms with Crippen molar-refractivity contribution in [3.63, 3.8) is 0 Å². The molecule has 16 heavy (non-hydrogen) atoms. The van der Waals surface area contributed by atoms with Gasteiger partial charge in [0.05, 0.1) is 4.83 Å². The predicted molar refractivity (Wildman–Crippen MR) is 71.3 cm³/mol. The van der Waals surface area contributed by atoms with Gasteiger partial charge in [0.2, 0.25) is 0 Å². The maximum Gasteiger partial charge on any atom is 0.123 e. The minimum absolute atomic E-state index is 0.0244. The monoisotopic (exact) mass is 342 g/mol. The van der Waals surface area contributed by atoms with E-state index in [0.717, 1.165) is 15.6 Å². The molecule has 0 nitrogen and oxygen atoms in total. The average Bonchev–Trinajstić information content (AvgIpc) is 2.29. The number of rotatable bonds is 2. The van der Waals surface area contributed by atoms with Gasteiger partial charge in [-0.15, -0.1) is 0 Å². The first-order valence-corrected chi connectivity index (χ1v) is 6.52. The molecule has 0 heterocycles. The zero-order chi connectivity index (χ0) is 11.5. The van der Waals surface area contributed by atoms with Crippen LogP contribution < -0.4 is 0 Å². The quantitative estimate of drug-likeness (QED) is 0.667. The summed E-state index contributed by atoms with van der Waals surface area (Å²) in [6.07, 6.45) is 0. The maximum absolute atomic E-state index is 13.1. The molecule has 0 radical (unpaired) electrons. The fourth-order valence-electron chi connectivity index (χ4n) is 1.49. The van der Waals surface area contributed by atoms with Crippen LogP contribution in [-0.2, 0) is 0 Å². The molecule has 0 spiro atoms. The first-order chi connectivity index (χ1) is 7.66. The van der Waals surface area contributed by atoms with Gasteiger partial charge in [0.15, 0.2) is 0 Å². The largest absolute Gasteiger partial charge is 0.207 e. The van der Waals surface area contributed by atoms with Gasteiger partial charge in [-0.1, -0.05) is 56.1 Å². The van der Waals surface area contributed by atoms with Gasteiger partial charge in [0, 0.05) is 4.47 Å². The van der Waals surface area contributed by atoms with Gasteiger partial charge >= 0.3 is 0 Å². The summed E-state index contributed by atoms with van der Waals surface area (Å²) in [6, 6.07) is 14.6. The molecule has 0 fully saturated rings. The maximum atomic E-state index is 13.1. The standard InChI is InChI=1S/C13H9Br2F/c14-11-6-4-9(5-7-11)13(15)10-2-1-3-12(16)8-10/h1-8,13H. The number of hydrogen-bond acceptors (Lipinski definition) is 0. The molecular formula is C13H9Br2F. The van der Waals surface area contributed by atoms with Gasteiger partial charge in [-0.25, -0.2) is 4.39 Å². The van der Waals surface area contributed by atoms with E-state index in [4.69, 9.17) is 0 Å². The molecule has 2 aromatic rings. The molecular weight excluding hydrogens is 335 g/mol. The molecule has 0 aliphatic carbocycles. The van der Waals surface area contributed by atoms with Gasteiger partial charge in [-0.2, -0.15) is 0 Å². The Labute approximate surface area is 111 Å². The van der Waals surface area contributed by atoms with E-state index >= 15 is 0 Å².